The van der Waals surface area contributed by atoms with Gasteiger partial charge in [0.25, 0.3) is 0 Å². The number of ether oxygens (including phenoxy) is 3. The summed E-state index contributed by atoms with van der Waals surface area (Å²) >= 11 is 3.45. The van der Waals surface area contributed by atoms with Crippen LogP contribution in [0.3, 0.4) is 0 Å². The Morgan fingerprint density at radius 2 is 1.76 bits per heavy atom. The van der Waals surface area contributed by atoms with Crippen molar-refractivity contribution in [2.45, 2.75) is 38.3 Å². The topological polar surface area (TPSA) is 44.8 Å². The molecule has 0 unspecified atom stereocenters. The van der Waals surface area contributed by atoms with Crippen molar-refractivity contribution in [2.24, 2.45) is 0 Å². The largest absolute Gasteiger partial charge is 0.497 e. The Morgan fingerprint density at radius 1 is 1.08 bits per heavy atom. The third-order valence-electron chi connectivity index (χ3n) is 3.40. The Hall–Kier alpha value is -2.01. The fourth-order valence-corrected chi connectivity index (χ4v) is 2.67. The quantitative estimate of drug-likeness (QED) is 0.492. The van der Waals surface area contributed by atoms with Gasteiger partial charge in [-0.25, -0.2) is 4.79 Å². The first kappa shape index (κ1) is 19.3. The van der Waals surface area contributed by atoms with Crippen LogP contribution in [0.2, 0.25) is 0 Å². The van der Waals surface area contributed by atoms with Gasteiger partial charge in [0.15, 0.2) is 0 Å². The molecule has 0 atom stereocenters. The fraction of sp³-hybridized carbons (Fsp3) is 0.350. The van der Waals surface area contributed by atoms with Crippen LogP contribution in [-0.4, -0.2) is 18.7 Å². The third kappa shape index (κ3) is 5.49. The first-order chi connectivity index (χ1) is 11.8. The SMILES string of the molecule is COc1ccc(COc2c(CBr)cccc2C(=O)OC(C)(C)C)cc1. The lowest BCUT2D eigenvalue weighted by Crippen LogP contribution is -2.24. The van der Waals surface area contributed by atoms with Crippen LogP contribution < -0.4 is 9.47 Å². The van der Waals surface area contributed by atoms with Gasteiger partial charge in [0.2, 0.25) is 0 Å². The number of methoxy groups -OCH3 is 1. The number of halogens is 1. The number of benzene rings is 2. The van der Waals surface area contributed by atoms with Gasteiger partial charge in [-0.05, 0) is 44.5 Å². The Labute approximate surface area is 157 Å². The van der Waals surface area contributed by atoms with Gasteiger partial charge in [-0.1, -0.05) is 40.2 Å². The van der Waals surface area contributed by atoms with Gasteiger partial charge in [0, 0.05) is 10.9 Å². The minimum Gasteiger partial charge on any atom is -0.497 e. The highest BCUT2D eigenvalue weighted by molar-refractivity contribution is 9.08. The third-order valence-corrected chi connectivity index (χ3v) is 4.01. The molecule has 0 fully saturated rings. The van der Waals surface area contributed by atoms with E-state index in [9.17, 15) is 4.79 Å². The molecule has 0 aliphatic carbocycles. The van der Waals surface area contributed by atoms with Gasteiger partial charge in [-0.15, -0.1) is 0 Å². The van der Waals surface area contributed by atoms with E-state index < -0.39 is 5.60 Å². The smallest absolute Gasteiger partial charge is 0.342 e. The number of carbonyl (C=O) groups is 1. The highest BCUT2D eigenvalue weighted by Crippen LogP contribution is 2.29. The van der Waals surface area contributed by atoms with Crippen molar-refractivity contribution < 1.29 is 19.0 Å². The van der Waals surface area contributed by atoms with E-state index >= 15 is 0 Å². The molecule has 5 heteroatoms. The predicted molar refractivity (Wildman–Crippen MR) is 102 cm³/mol. The molecule has 0 amide bonds. The number of hydrogen-bond acceptors (Lipinski definition) is 4. The van der Waals surface area contributed by atoms with Crippen molar-refractivity contribution >= 4 is 21.9 Å². The highest BCUT2D eigenvalue weighted by Gasteiger charge is 2.22. The van der Waals surface area contributed by atoms with E-state index in [2.05, 4.69) is 15.9 Å². The summed E-state index contributed by atoms with van der Waals surface area (Å²) in [5.74, 6) is 0.948. The standard InChI is InChI=1S/C20H23BrO4/c1-20(2,3)25-19(22)17-7-5-6-15(12-21)18(17)24-13-14-8-10-16(23-4)11-9-14/h5-11H,12-13H2,1-4H3. The first-order valence-electron chi connectivity index (χ1n) is 8.01. The second kappa shape index (κ2) is 8.39. The number of para-hydroxylation sites is 1. The number of hydrogen-bond donors (Lipinski definition) is 0. The van der Waals surface area contributed by atoms with Crippen LogP contribution in [0.4, 0.5) is 0 Å². The molecule has 0 N–H and O–H groups in total. The van der Waals surface area contributed by atoms with Crippen molar-refractivity contribution in [2.75, 3.05) is 7.11 Å². The Morgan fingerprint density at radius 3 is 2.32 bits per heavy atom. The van der Waals surface area contributed by atoms with Crippen LogP contribution >= 0.6 is 15.9 Å². The molecule has 0 heterocycles. The van der Waals surface area contributed by atoms with E-state index in [0.29, 0.717) is 23.2 Å². The average Bonchev–Trinajstić information content (AvgIpc) is 2.58. The van der Waals surface area contributed by atoms with Gasteiger partial charge in [0.1, 0.15) is 29.3 Å². The van der Waals surface area contributed by atoms with Crippen molar-refractivity contribution in [3.63, 3.8) is 0 Å². The molecule has 0 aromatic heterocycles. The lowest BCUT2D eigenvalue weighted by molar-refractivity contribution is 0.00652. The zero-order chi connectivity index (χ0) is 18.4. The highest BCUT2D eigenvalue weighted by atomic mass is 79.9. The van der Waals surface area contributed by atoms with E-state index in [1.807, 2.05) is 57.2 Å². The van der Waals surface area contributed by atoms with Crippen LogP contribution in [0.5, 0.6) is 11.5 Å². The molecule has 0 saturated carbocycles. The predicted octanol–water partition coefficient (Wildman–Crippen LogP) is 5.12. The maximum Gasteiger partial charge on any atom is 0.342 e. The van der Waals surface area contributed by atoms with Crippen LogP contribution in [0, 0.1) is 0 Å². The molecular weight excluding hydrogens is 384 g/mol. The zero-order valence-corrected chi connectivity index (χ0v) is 16.6. The Balaban J connectivity index is 2.23. The lowest BCUT2D eigenvalue weighted by Gasteiger charge is -2.21. The summed E-state index contributed by atoms with van der Waals surface area (Å²) in [5.41, 5.74) is 1.76. The van der Waals surface area contributed by atoms with E-state index in [0.717, 1.165) is 16.9 Å². The molecule has 0 spiro atoms. The molecule has 0 saturated heterocycles. The lowest BCUT2D eigenvalue weighted by atomic mass is 10.1. The van der Waals surface area contributed by atoms with Crippen LogP contribution in [0.1, 0.15) is 42.3 Å². The summed E-state index contributed by atoms with van der Waals surface area (Å²) in [7, 11) is 1.63. The van der Waals surface area contributed by atoms with Crippen molar-refractivity contribution in [1.29, 1.82) is 0 Å². The summed E-state index contributed by atoms with van der Waals surface area (Å²) < 4.78 is 16.6. The minimum atomic E-state index is -0.561. The summed E-state index contributed by atoms with van der Waals surface area (Å²) in [6, 6.07) is 13.1. The Kier molecular flexibility index (Phi) is 6.48. The second-order valence-electron chi connectivity index (χ2n) is 6.57. The maximum atomic E-state index is 12.5. The monoisotopic (exact) mass is 406 g/mol. The van der Waals surface area contributed by atoms with Crippen LogP contribution in [-0.2, 0) is 16.7 Å². The molecule has 2 rings (SSSR count). The van der Waals surface area contributed by atoms with E-state index in [-0.39, 0.29) is 5.97 Å². The van der Waals surface area contributed by atoms with Gasteiger partial charge in [0.05, 0.1) is 7.11 Å². The van der Waals surface area contributed by atoms with Crippen LogP contribution in [0.15, 0.2) is 42.5 Å². The van der Waals surface area contributed by atoms with Crippen molar-refractivity contribution in [3.05, 3.63) is 59.2 Å². The number of rotatable bonds is 6. The summed E-state index contributed by atoms with van der Waals surface area (Å²) in [4.78, 5) is 12.5. The van der Waals surface area contributed by atoms with Gasteiger partial charge >= 0.3 is 5.97 Å². The fourth-order valence-electron chi connectivity index (χ4n) is 2.23. The second-order valence-corrected chi connectivity index (χ2v) is 7.13. The molecule has 25 heavy (non-hydrogen) atoms. The van der Waals surface area contributed by atoms with E-state index in [4.69, 9.17) is 14.2 Å². The van der Waals surface area contributed by atoms with Crippen molar-refractivity contribution in [3.8, 4) is 11.5 Å². The first-order valence-corrected chi connectivity index (χ1v) is 9.13. The molecule has 2 aromatic rings. The molecule has 0 aliphatic heterocycles. The molecule has 0 aliphatic rings. The Bertz CT molecular complexity index is 717. The minimum absolute atomic E-state index is 0.351. The molecule has 0 radical (unpaired) electrons. The summed E-state index contributed by atoms with van der Waals surface area (Å²) in [6.07, 6.45) is 0. The van der Waals surface area contributed by atoms with Gasteiger partial charge in [-0.2, -0.15) is 0 Å². The van der Waals surface area contributed by atoms with Gasteiger partial charge in [-0.3, -0.25) is 0 Å². The number of esters is 1. The van der Waals surface area contributed by atoms with E-state index in [1.54, 1.807) is 13.2 Å². The van der Waals surface area contributed by atoms with Crippen LogP contribution in [0.25, 0.3) is 0 Å². The molecule has 134 valence electrons. The normalized spacial score (nSPS) is 11.1. The maximum absolute atomic E-state index is 12.5. The number of carbonyl (C=O) groups excluding carboxylic acids is 1. The summed E-state index contributed by atoms with van der Waals surface area (Å²) in [6.45, 7) is 5.88. The van der Waals surface area contributed by atoms with Crippen molar-refractivity contribution in [1.82, 2.24) is 0 Å². The zero-order valence-electron chi connectivity index (χ0n) is 15.0. The number of alkyl halides is 1. The average molecular weight is 407 g/mol. The molecular formula is C20H23BrO4. The van der Waals surface area contributed by atoms with E-state index in [1.165, 1.54) is 0 Å². The summed E-state index contributed by atoms with van der Waals surface area (Å²) in [5, 5.41) is 0.585. The molecule has 0 bridgehead atoms. The molecule has 2 aromatic carbocycles. The molecule has 4 nitrogen and oxygen atoms in total. The van der Waals surface area contributed by atoms with Gasteiger partial charge < -0.3 is 14.2 Å².